The summed E-state index contributed by atoms with van der Waals surface area (Å²) in [7, 11) is 1.23. The van der Waals surface area contributed by atoms with Gasteiger partial charge in [0.25, 0.3) is 0 Å². The van der Waals surface area contributed by atoms with Crippen LogP contribution in [0, 0.1) is 0 Å². The Bertz CT molecular complexity index is 1460. The molecule has 0 heterocycles. The number of primary amides is 1. The van der Waals surface area contributed by atoms with E-state index in [0.29, 0.717) is 0 Å². The number of hydrogen-bond donors (Lipinski definition) is 3. The van der Waals surface area contributed by atoms with Gasteiger partial charge in [0, 0.05) is 5.75 Å². The van der Waals surface area contributed by atoms with E-state index < -0.39 is 47.1 Å². The Morgan fingerprint density at radius 2 is 1.18 bits per heavy atom. The maximum absolute atomic E-state index is 13.4. The standard InChI is InChI=1S/C35H35N3O6S/c1-43-33(41)30(37-32(40)29(22-31(36)39)38-34(42)44-23-25-14-6-2-7-15-25)24-45-35(26-16-8-3-9-17-26,27-18-10-4-11-19-27)28-20-12-5-13-21-28/h2-21,29-30H,22-24H2,1H3,(H2,36,39)(H,37,40)(H,38,42)/t29-,30+/m0/s1. The van der Waals surface area contributed by atoms with Gasteiger partial charge in [-0.3, -0.25) is 9.59 Å². The molecule has 4 N–H and O–H groups in total. The zero-order chi connectivity index (χ0) is 32.1. The van der Waals surface area contributed by atoms with Crippen LogP contribution >= 0.6 is 11.8 Å². The van der Waals surface area contributed by atoms with Gasteiger partial charge >= 0.3 is 12.1 Å². The van der Waals surface area contributed by atoms with E-state index in [9.17, 15) is 19.2 Å². The molecular weight excluding hydrogens is 590 g/mol. The molecule has 0 aliphatic heterocycles. The summed E-state index contributed by atoms with van der Waals surface area (Å²) in [6.45, 7) is -0.0421. The van der Waals surface area contributed by atoms with Gasteiger partial charge in [-0.2, -0.15) is 0 Å². The summed E-state index contributed by atoms with van der Waals surface area (Å²) in [4.78, 5) is 50.9. The smallest absolute Gasteiger partial charge is 0.408 e. The highest BCUT2D eigenvalue weighted by Crippen LogP contribution is 2.48. The van der Waals surface area contributed by atoms with Gasteiger partial charge in [-0.05, 0) is 22.3 Å². The summed E-state index contributed by atoms with van der Waals surface area (Å²) in [5, 5.41) is 5.06. The van der Waals surface area contributed by atoms with Crippen molar-refractivity contribution < 1.29 is 28.7 Å². The molecule has 0 saturated heterocycles. The Kier molecular flexibility index (Phi) is 11.8. The maximum atomic E-state index is 13.4. The summed E-state index contributed by atoms with van der Waals surface area (Å²) in [6, 6.07) is 36.1. The fraction of sp³-hybridized carbons (Fsp3) is 0.200. The molecule has 0 radical (unpaired) electrons. The van der Waals surface area contributed by atoms with Gasteiger partial charge in [-0.1, -0.05) is 121 Å². The molecule has 2 atom stereocenters. The number of carbonyl (C=O) groups excluding carboxylic acids is 4. The largest absolute Gasteiger partial charge is 0.467 e. The maximum Gasteiger partial charge on any atom is 0.408 e. The molecule has 0 fully saturated rings. The number of nitrogens with two attached hydrogens (primary N) is 1. The van der Waals surface area contributed by atoms with Gasteiger partial charge in [0.1, 0.15) is 18.7 Å². The topological polar surface area (TPSA) is 137 Å². The number of hydrogen-bond acceptors (Lipinski definition) is 7. The minimum atomic E-state index is -1.38. The number of thioether (sulfide) groups is 1. The van der Waals surface area contributed by atoms with Crippen LogP contribution in [0.15, 0.2) is 121 Å². The summed E-state index contributed by atoms with van der Waals surface area (Å²) in [5.41, 5.74) is 9.04. The number of esters is 1. The first-order valence-electron chi connectivity index (χ1n) is 14.3. The molecule has 3 amide bonds. The van der Waals surface area contributed by atoms with Gasteiger partial charge in [0.15, 0.2) is 0 Å². The van der Waals surface area contributed by atoms with Crippen LogP contribution in [0.25, 0.3) is 0 Å². The van der Waals surface area contributed by atoms with Crippen molar-refractivity contribution in [1.82, 2.24) is 10.6 Å². The van der Waals surface area contributed by atoms with Crippen LogP contribution in [-0.4, -0.2) is 48.8 Å². The summed E-state index contributed by atoms with van der Waals surface area (Å²) in [6.07, 6.45) is -1.42. The Morgan fingerprint density at radius 1 is 0.711 bits per heavy atom. The number of alkyl carbamates (subject to hydrolysis) is 1. The van der Waals surface area contributed by atoms with Crippen LogP contribution in [0.1, 0.15) is 28.7 Å². The van der Waals surface area contributed by atoms with E-state index in [1.165, 1.54) is 18.9 Å². The fourth-order valence-electron chi connectivity index (χ4n) is 4.88. The second-order valence-electron chi connectivity index (χ2n) is 10.1. The first-order chi connectivity index (χ1) is 21.8. The highest BCUT2D eigenvalue weighted by atomic mass is 32.2. The van der Waals surface area contributed by atoms with E-state index in [0.717, 1.165) is 22.3 Å². The number of amides is 3. The van der Waals surface area contributed by atoms with Gasteiger partial charge in [0.05, 0.1) is 18.3 Å². The average Bonchev–Trinajstić information content (AvgIpc) is 3.08. The Morgan fingerprint density at radius 3 is 1.62 bits per heavy atom. The summed E-state index contributed by atoms with van der Waals surface area (Å²) < 4.78 is 9.51. The van der Waals surface area contributed by atoms with Crippen LogP contribution in [0.5, 0.6) is 0 Å². The quantitative estimate of drug-likeness (QED) is 0.138. The summed E-state index contributed by atoms with van der Waals surface area (Å²) in [5.74, 6) is -2.22. The third kappa shape index (κ3) is 8.73. The van der Waals surface area contributed by atoms with Crippen molar-refractivity contribution in [2.24, 2.45) is 5.73 Å². The molecule has 0 aliphatic rings. The van der Waals surface area contributed by atoms with Crippen LogP contribution in [0.2, 0.25) is 0 Å². The molecule has 4 aromatic rings. The van der Waals surface area contributed by atoms with E-state index >= 15 is 0 Å². The normalized spacial score (nSPS) is 12.3. The zero-order valence-electron chi connectivity index (χ0n) is 24.8. The lowest BCUT2D eigenvalue weighted by Gasteiger charge is -2.36. The zero-order valence-corrected chi connectivity index (χ0v) is 25.6. The van der Waals surface area contributed by atoms with E-state index in [1.807, 2.05) is 97.1 Å². The van der Waals surface area contributed by atoms with Crippen LogP contribution in [0.4, 0.5) is 4.79 Å². The molecular formula is C35H35N3O6S. The van der Waals surface area contributed by atoms with Gasteiger partial charge < -0.3 is 25.8 Å². The Labute approximate surface area is 266 Å². The highest BCUT2D eigenvalue weighted by Gasteiger charge is 2.39. The van der Waals surface area contributed by atoms with E-state index in [2.05, 4.69) is 10.6 Å². The number of carbonyl (C=O) groups is 4. The molecule has 4 rings (SSSR count). The van der Waals surface area contributed by atoms with Gasteiger partial charge in [0.2, 0.25) is 11.8 Å². The molecule has 4 aromatic carbocycles. The van der Waals surface area contributed by atoms with Crippen molar-refractivity contribution in [3.63, 3.8) is 0 Å². The predicted octanol–water partition coefficient (Wildman–Crippen LogP) is 4.54. The van der Waals surface area contributed by atoms with Crippen molar-refractivity contribution in [3.05, 3.63) is 144 Å². The lowest BCUT2D eigenvalue weighted by molar-refractivity contribution is -0.144. The number of rotatable bonds is 14. The van der Waals surface area contributed by atoms with Gasteiger partial charge in [-0.25, -0.2) is 9.59 Å². The first kappa shape index (κ1) is 32.8. The third-order valence-electron chi connectivity index (χ3n) is 7.04. The minimum absolute atomic E-state index is 0.0421. The molecule has 0 aliphatic carbocycles. The van der Waals surface area contributed by atoms with Crippen molar-refractivity contribution in [2.45, 2.75) is 29.9 Å². The second kappa shape index (κ2) is 16.1. The molecule has 232 valence electrons. The van der Waals surface area contributed by atoms with Gasteiger partial charge in [-0.15, -0.1) is 11.8 Å². The molecule has 9 nitrogen and oxygen atoms in total. The molecule has 0 unspecified atom stereocenters. The van der Waals surface area contributed by atoms with Crippen LogP contribution in [-0.2, 0) is 35.2 Å². The SMILES string of the molecule is COC(=O)[C@@H](CSC(c1ccccc1)(c1ccccc1)c1ccccc1)NC(=O)[C@H](CC(N)=O)NC(=O)OCc1ccccc1. The minimum Gasteiger partial charge on any atom is -0.467 e. The lowest BCUT2D eigenvalue weighted by atomic mass is 9.84. The third-order valence-corrected chi connectivity index (χ3v) is 8.68. The number of methoxy groups -OCH3 is 1. The van der Waals surface area contributed by atoms with E-state index in [-0.39, 0.29) is 12.4 Å². The Hall–Kier alpha value is -5.09. The lowest BCUT2D eigenvalue weighted by Crippen LogP contribution is -2.54. The number of ether oxygens (including phenoxy) is 2. The van der Waals surface area contributed by atoms with Crippen LogP contribution < -0.4 is 16.4 Å². The van der Waals surface area contributed by atoms with Crippen molar-refractivity contribution in [1.29, 1.82) is 0 Å². The molecule has 45 heavy (non-hydrogen) atoms. The highest BCUT2D eigenvalue weighted by molar-refractivity contribution is 8.00. The second-order valence-corrected chi connectivity index (χ2v) is 11.3. The average molecular weight is 626 g/mol. The Balaban J connectivity index is 1.59. The monoisotopic (exact) mass is 625 g/mol. The van der Waals surface area contributed by atoms with E-state index in [4.69, 9.17) is 15.2 Å². The predicted molar refractivity (Wildman–Crippen MR) is 173 cm³/mol. The van der Waals surface area contributed by atoms with E-state index in [1.54, 1.807) is 24.3 Å². The van der Waals surface area contributed by atoms with Crippen molar-refractivity contribution in [2.75, 3.05) is 12.9 Å². The molecule has 0 saturated carbocycles. The van der Waals surface area contributed by atoms with Crippen LogP contribution in [0.3, 0.4) is 0 Å². The van der Waals surface area contributed by atoms with Crippen molar-refractivity contribution in [3.8, 4) is 0 Å². The molecule has 10 heteroatoms. The fourth-order valence-corrected chi connectivity index (χ4v) is 6.42. The molecule has 0 bridgehead atoms. The molecule has 0 spiro atoms. The molecule has 0 aromatic heterocycles. The first-order valence-corrected chi connectivity index (χ1v) is 15.3. The number of nitrogens with one attached hydrogen (secondary N) is 2. The number of benzene rings is 4. The summed E-state index contributed by atoms with van der Waals surface area (Å²) >= 11 is 1.45. The van der Waals surface area contributed by atoms with Crippen molar-refractivity contribution >= 4 is 35.6 Å².